The fraction of sp³-hybridized carbons (Fsp3) is 0.391. The smallest absolute Gasteiger partial charge is 0.232 e. The van der Waals surface area contributed by atoms with Gasteiger partial charge in [0, 0.05) is 31.9 Å². The predicted molar refractivity (Wildman–Crippen MR) is 122 cm³/mol. The number of nitrogens with zero attached hydrogens (tertiary/aromatic N) is 3. The number of piperazine rings is 1. The van der Waals surface area contributed by atoms with Gasteiger partial charge in [0.1, 0.15) is 5.82 Å². The van der Waals surface area contributed by atoms with Crippen molar-refractivity contribution in [2.75, 3.05) is 36.8 Å². The molecule has 0 aliphatic carbocycles. The number of thioether (sulfide) groups is 1. The van der Waals surface area contributed by atoms with E-state index in [0.717, 1.165) is 43.0 Å². The number of hydrogen-bond donors (Lipinski definition) is 1. The lowest BCUT2D eigenvalue weighted by Crippen LogP contribution is -2.49. The maximum Gasteiger partial charge on any atom is 0.232 e. The Morgan fingerprint density at radius 2 is 1.86 bits per heavy atom. The Morgan fingerprint density at radius 1 is 1.10 bits per heavy atom. The number of carbonyl (C=O) groups is 1. The maximum atomic E-state index is 12.7. The van der Waals surface area contributed by atoms with Gasteiger partial charge in [0.2, 0.25) is 5.91 Å². The van der Waals surface area contributed by atoms with Crippen molar-refractivity contribution in [1.29, 1.82) is 0 Å². The van der Waals surface area contributed by atoms with Crippen LogP contribution in [0.2, 0.25) is 0 Å². The van der Waals surface area contributed by atoms with Gasteiger partial charge in [-0.15, -0.1) is 11.8 Å². The van der Waals surface area contributed by atoms with Crippen LogP contribution in [0.15, 0.2) is 42.5 Å². The Bertz CT molecular complexity index is 974. The standard InChI is InChI=1S/C23H28N4OS/c1-16-7-6-10-21(17(16)2)26-11-13-27(14-12-26)22(28)15-29-18(3)23-24-19-8-4-5-9-20(19)25-23/h4-10,18H,11-15H2,1-3H3,(H,24,25). The molecule has 5 nitrogen and oxygen atoms in total. The zero-order valence-electron chi connectivity index (χ0n) is 17.3. The summed E-state index contributed by atoms with van der Waals surface area (Å²) in [4.78, 5) is 25.1. The number of amides is 1. The molecule has 2 aromatic carbocycles. The van der Waals surface area contributed by atoms with Crippen LogP contribution in [0.4, 0.5) is 5.69 Å². The Morgan fingerprint density at radius 3 is 2.62 bits per heavy atom. The SMILES string of the molecule is Cc1cccc(N2CCN(C(=O)CSC(C)c3nc4ccccc4[nH]3)CC2)c1C. The van der Waals surface area contributed by atoms with E-state index in [0.29, 0.717) is 5.75 Å². The lowest BCUT2D eigenvalue weighted by Gasteiger charge is -2.37. The van der Waals surface area contributed by atoms with Gasteiger partial charge in [0.25, 0.3) is 0 Å². The molecule has 6 heteroatoms. The average Bonchev–Trinajstić information content (AvgIpc) is 3.18. The van der Waals surface area contributed by atoms with E-state index >= 15 is 0 Å². The summed E-state index contributed by atoms with van der Waals surface area (Å²) < 4.78 is 0. The molecule has 1 atom stereocenters. The van der Waals surface area contributed by atoms with Gasteiger partial charge in [0.15, 0.2) is 0 Å². The van der Waals surface area contributed by atoms with Gasteiger partial charge < -0.3 is 14.8 Å². The summed E-state index contributed by atoms with van der Waals surface area (Å²) in [5.41, 5.74) is 5.97. The Hall–Kier alpha value is -2.47. The highest BCUT2D eigenvalue weighted by atomic mass is 32.2. The molecule has 1 aromatic heterocycles. The molecule has 3 aromatic rings. The molecular formula is C23H28N4OS. The van der Waals surface area contributed by atoms with E-state index in [1.165, 1.54) is 16.8 Å². The zero-order valence-corrected chi connectivity index (χ0v) is 18.1. The highest BCUT2D eigenvalue weighted by Gasteiger charge is 2.23. The van der Waals surface area contributed by atoms with Crippen LogP contribution < -0.4 is 4.90 Å². The first-order valence-electron chi connectivity index (χ1n) is 10.2. The van der Waals surface area contributed by atoms with Gasteiger partial charge in [0.05, 0.1) is 22.0 Å². The number of nitrogens with one attached hydrogen (secondary N) is 1. The molecule has 1 fully saturated rings. The van der Waals surface area contributed by atoms with Crippen LogP contribution in [0.1, 0.15) is 29.1 Å². The Balaban J connectivity index is 1.30. The number of aromatic amines is 1. The summed E-state index contributed by atoms with van der Waals surface area (Å²) in [6, 6.07) is 14.5. The molecule has 1 amide bonds. The monoisotopic (exact) mass is 408 g/mol. The molecule has 0 saturated carbocycles. The Labute approximate surface area is 176 Å². The number of aryl methyl sites for hydroxylation is 1. The van der Waals surface area contributed by atoms with Crippen molar-refractivity contribution in [3.05, 3.63) is 59.4 Å². The first-order chi connectivity index (χ1) is 14.0. The minimum absolute atomic E-state index is 0.155. The molecular weight excluding hydrogens is 380 g/mol. The number of para-hydroxylation sites is 2. The first kappa shape index (κ1) is 19.8. The van der Waals surface area contributed by atoms with E-state index in [4.69, 9.17) is 0 Å². The van der Waals surface area contributed by atoms with Crippen molar-refractivity contribution < 1.29 is 4.79 Å². The minimum Gasteiger partial charge on any atom is -0.368 e. The van der Waals surface area contributed by atoms with E-state index in [9.17, 15) is 4.79 Å². The highest BCUT2D eigenvalue weighted by Crippen LogP contribution is 2.28. The third-order valence-electron chi connectivity index (χ3n) is 5.80. The summed E-state index contributed by atoms with van der Waals surface area (Å²) >= 11 is 1.65. The predicted octanol–water partition coefficient (Wildman–Crippen LogP) is 4.32. The van der Waals surface area contributed by atoms with E-state index in [1.807, 2.05) is 29.2 Å². The number of benzene rings is 2. The average molecular weight is 409 g/mol. The summed E-state index contributed by atoms with van der Waals surface area (Å²) in [6.45, 7) is 9.78. The summed E-state index contributed by atoms with van der Waals surface area (Å²) in [7, 11) is 0. The summed E-state index contributed by atoms with van der Waals surface area (Å²) in [5, 5.41) is 0.155. The van der Waals surface area contributed by atoms with Crippen LogP contribution in [0.5, 0.6) is 0 Å². The van der Waals surface area contributed by atoms with Crippen molar-refractivity contribution in [3.63, 3.8) is 0 Å². The van der Waals surface area contributed by atoms with Crippen molar-refractivity contribution in [2.45, 2.75) is 26.0 Å². The van der Waals surface area contributed by atoms with E-state index < -0.39 is 0 Å². The van der Waals surface area contributed by atoms with Gasteiger partial charge in [-0.2, -0.15) is 0 Å². The Kier molecular flexibility index (Phi) is 5.81. The third kappa shape index (κ3) is 4.27. The van der Waals surface area contributed by atoms with Gasteiger partial charge in [-0.1, -0.05) is 24.3 Å². The number of aromatic nitrogens is 2. The number of fused-ring (bicyclic) bond motifs is 1. The van der Waals surface area contributed by atoms with Crippen LogP contribution in [0, 0.1) is 13.8 Å². The van der Waals surface area contributed by atoms with E-state index in [-0.39, 0.29) is 11.2 Å². The highest BCUT2D eigenvalue weighted by molar-refractivity contribution is 8.00. The molecule has 4 rings (SSSR count). The molecule has 0 bridgehead atoms. The fourth-order valence-electron chi connectivity index (χ4n) is 3.81. The number of hydrogen-bond acceptors (Lipinski definition) is 4. The molecule has 1 N–H and O–H groups in total. The van der Waals surface area contributed by atoms with Gasteiger partial charge >= 0.3 is 0 Å². The van der Waals surface area contributed by atoms with Gasteiger partial charge in [-0.25, -0.2) is 4.98 Å². The van der Waals surface area contributed by atoms with E-state index in [2.05, 4.69) is 53.8 Å². The first-order valence-corrected chi connectivity index (χ1v) is 11.2. The maximum absolute atomic E-state index is 12.7. The largest absolute Gasteiger partial charge is 0.368 e. The van der Waals surface area contributed by atoms with Crippen LogP contribution in [-0.4, -0.2) is 52.7 Å². The molecule has 0 spiro atoms. The molecule has 2 heterocycles. The number of carbonyl (C=O) groups excluding carboxylic acids is 1. The van der Waals surface area contributed by atoms with E-state index in [1.54, 1.807) is 11.8 Å². The quantitative estimate of drug-likeness (QED) is 0.683. The molecule has 1 saturated heterocycles. The van der Waals surface area contributed by atoms with Crippen LogP contribution in [0.3, 0.4) is 0 Å². The minimum atomic E-state index is 0.155. The van der Waals surface area contributed by atoms with Gasteiger partial charge in [-0.05, 0) is 50.1 Å². The van der Waals surface area contributed by atoms with Crippen molar-refractivity contribution >= 4 is 34.4 Å². The van der Waals surface area contributed by atoms with Crippen molar-refractivity contribution in [3.8, 4) is 0 Å². The number of imidazole rings is 1. The lowest BCUT2D eigenvalue weighted by molar-refractivity contribution is -0.128. The normalized spacial score (nSPS) is 15.7. The third-order valence-corrected chi connectivity index (χ3v) is 6.94. The molecule has 1 unspecified atom stereocenters. The van der Waals surface area contributed by atoms with Crippen LogP contribution >= 0.6 is 11.8 Å². The second-order valence-electron chi connectivity index (χ2n) is 7.68. The molecule has 152 valence electrons. The summed E-state index contributed by atoms with van der Waals surface area (Å²) in [6.07, 6.45) is 0. The molecule has 0 radical (unpaired) electrons. The number of H-pyrrole nitrogens is 1. The van der Waals surface area contributed by atoms with Crippen molar-refractivity contribution in [1.82, 2.24) is 14.9 Å². The zero-order chi connectivity index (χ0) is 20.4. The van der Waals surface area contributed by atoms with Crippen LogP contribution in [-0.2, 0) is 4.79 Å². The fourth-order valence-corrected chi connectivity index (χ4v) is 4.65. The lowest BCUT2D eigenvalue weighted by atomic mass is 10.1. The molecule has 1 aliphatic heterocycles. The van der Waals surface area contributed by atoms with Crippen molar-refractivity contribution in [2.24, 2.45) is 0 Å². The number of rotatable bonds is 5. The second kappa shape index (κ2) is 8.49. The summed E-state index contributed by atoms with van der Waals surface area (Å²) in [5.74, 6) is 1.64. The molecule has 1 aliphatic rings. The van der Waals surface area contributed by atoms with Crippen LogP contribution in [0.25, 0.3) is 11.0 Å². The molecule has 29 heavy (non-hydrogen) atoms. The number of anilines is 1. The second-order valence-corrected chi connectivity index (χ2v) is 9.01. The van der Waals surface area contributed by atoms with Gasteiger partial charge in [-0.3, -0.25) is 4.79 Å². The topological polar surface area (TPSA) is 52.2 Å².